The smallest absolute Gasteiger partial charge is 0.255 e. The van der Waals surface area contributed by atoms with E-state index < -0.39 is 0 Å². The van der Waals surface area contributed by atoms with E-state index in [0.717, 1.165) is 11.1 Å². The number of nitrogens with zero attached hydrogens (tertiary/aromatic N) is 2. The second kappa shape index (κ2) is 11.2. The summed E-state index contributed by atoms with van der Waals surface area (Å²) in [5.74, 6) is 0.0612. The summed E-state index contributed by atoms with van der Waals surface area (Å²) in [4.78, 5) is 25.0. The quantitative estimate of drug-likeness (QED) is 0.368. The number of carbonyl (C=O) groups excluding carboxylic acids is 2. The number of para-hydroxylation sites is 1. The van der Waals surface area contributed by atoms with Crippen molar-refractivity contribution in [1.29, 1.82) is 0 Å². The molecule has 4 aromatic rings. The van der Waals surface area contributed by atoms with Crippen LogP contribution in [0.2, 0.25) is 5.02 Å². The summed E-state index contributed by atoms with van der Waals surface area (Å²) >= 11 is 5.93. The summed E-state index contributed by atoms with van der Waals surface area (Å²) in [6.07, 6.45) is 3.35. The molecule has 0 bridgehead atoms. The fourth-order valence-corrected chi connectivity index (χ4v) is 3.43. The second-order valence-corrected chi connectivity index (χ2v) is 7.98. The summed E-state index contributed by atoms with van der Waals surface area (Å²) in [5, 5.41) is 10.4. The number of anilines is 1. The van der Waals surface area contributed by atoms with Gasteiger partial charge in [0.2, 0.25) is 5.91 Å². The first-order valence-electron chi connectivity index (χ1n) is 10.7. The van der Waals surface area contributed by atoms with Gasteiger partial charge in [0, 0.05) is 29.6 Å². The van der Waals surface area contributed by atoms with Crippen molar-refractivity contribution in [2.24, 2.45) is 0 Å². The zero-order valence-electron chi connectivity index (χ0n) is 18.3. The molecule has 0 unspecified atom stereocenters. The number of hydrogen-bond donors (Lipinski definition) is 2. The van der Waals surface area contributed by atoms with Gasteiger partial charge in [-0.05, 0) is 53.6 Å². The predicted octanol–water partition coefficient (Wildman–Crippen LogP) is 4.68. The largest absolute Gasteiger partial charge is 0.488 e. The number of rotatable bonds is 9. The predicted molar refractivity (Wildman–Crippen MR) is 131 cm³/mol. The monoisotopic (exact) mass is 474 g/mol. The highest BCUT2D eigenvalue weighted by Gasteiger charge is 2.12. The number of halogens is 1. The Hall–Kier alpha value is -4.10. The molecular formula is C26H23ClN4O3. The van der Waals surface area contributed by atoms with E-state index >= 15 is 0 Å². The van der Waals surface area contributed by atoms with E-state index in [0.29, 0.717) is 35.2 Å². The van der Waals surface area contributed by atoms with Crippen LogP contribution in [-0.4, -0.2) is 21.6 Å². The van der Waals surface area contributed by atoms with Gasteiger partial charge in [-0.25, -0.2) is 0 Å². The third-order valence-electron chi connectivity index (χ3n) is 4.97. The van der Waals surface area contributed by atoms with Crippen LogP contribution >= 0.6 is 11.6 Å². The van der Waals surface area contributed by atoms with Crippen molar-refractivity contribution in [3.63, 3.8) is 0 Å². The SMILES string of the molecule is O=C(Cn1cccn1)Nc1cccc(CNC(=O)c2ccccc2OCc2ccc(Cl)cc2)c1. The summed E-state index contributed by atoms with van der Waals surface area (Å²) < 4.78 is 7.43. The molecule has 0 aliphatic rings. The van der Waals surface area contributed by atoms with Crippen LogP contribution in [0.5, 0.6) is 5.75 Å². The van der Waals surface area contributed by atoms with E-state index in [4.69, 9.17) is 16.3 Å². The Labute approximate surface area is 202 Å². The van der Waals surface area contributed by atoms with Crippen molar-refractivity contribution < 1.29 is 14.3 Å². The van der Waals surface area contributed by atoms with Gasteiger partial charge in [0.25, 0.3) is 5.91 Å². The molecule has 172 valence electrons. The molecule has 7 nitrogen and oxygen atoms in total. The topological polar surface area (TPSA) is 85.3 Å². The third-order valence-corrected chi connectivity index (χ3v) is 5.22. The number of nitrogens with one attached hydrogen (secondary N) is 2. The Morgan fingerprint density at radius 1 is 0.941 bits per heavy atom. The van der Waals surface area contributed by atoms with Crippen molar-refractivity contribution in [1.82, 2.24) is 15.1 Å². The molecule has 0 aliphatic carbocycles. The third kappa shape index (κ3) is 6.46. The van der Waals surface area contributed by atoms with Crippen LogP contribution in [0.1, 0.15) is 21.5 Å². The summed E-state index contributed by atoms with van der Waals surface area (Å²) in [6.45, 7) is 0.746. The van der Waals surface area contributed by atoms with Gasteiger partial charge in [-0.1, -0.05) is 48.0 Å². The van der Waals surface area contributed by atoms with E-state index in [1.54, 1.807) is 59.5 Å². The highest BCUT2D eigenvalue weighted by Crippen LogP contribution is 2.20. The number of amides is 2. The Kier molecular flexibility index (Phi) is 7.57. The maximum Gasteiger partial charge on any atom is 0.255 e. The number of aromatic nitrogens is 2. The van der Waals surface area contributed by atoms with Crippen molar-refractivity contribution >= 4 is 29.1 Å². The van der Waals surface area contributed by atoms with Gasteiger partial charge < -0.3 is 15.4 Å². The molecule has 2 amide bonds. The molecule has 0 aliphatic heterocycles. The van der Waals surface area contributed by atoms with Crippen molar-refractivity contribution in [3.8, 4) is 5.75 Å². The number of carbonyl (C=O) groups is 2. The maximum absolute atomic E-state index is 12.8. The first-order chi connectivity index (χ1) is 16.6. The molecular weight excluding hydrogens is 452 g/mol. The molecule has 0 radical (unpaired) electrons. The Balaban J connectivity index is 1.34. The second-order valence-electron chi connectivity index (χ2n) is 7.55. The molecule has 1 aromatic heterocycles. The van der Waals surface area contributed by atoms with E-state index in [1.807, 2.05) is 36.4 Å². The fourth-order valence-electron chi connectivity index (χ4n) is 3.30. The molecule has 0 atom stereocenters. The van der Waals surface area contributed by atoms with Crippen LogP contribution < -0.4 is 15.4 Å². The minimum absolute atomic E-state index is 0.126. The molecule has 3 aromatic carbocycles. The van der Waals surface area contributed by atoms with Gasteiger partial charge in [-0.3, -0.25) is 14.3 Å². The first-order valence-corrected chi connectivity index (χ1v) is 11.1. The summed E-state index contributed by atoms with van der Waals surface area (Å²) in [6, 6.07) is 23.5. The summed E-state index contributed by atoms with van der Waals surface area (Å²) in [7, 11) is 0. The van der Waals surface area contributed by atoms with E-state index in [9.17, 15) is 9.59 Å². The number of ether oxygens (including phenoxy) is 1. The minimum atomic E-state index is -0.250. The molecule has 2 N–H and O–H groups in total. The van der Waals surface area contributed by atoms with Crippen LogP contribution in [0.4, 0.5) is 5.69 Å². The molecule has 0 saturated heterocycles. The molecule has 0 spiro atoms. The summed E-state index contributed by atoms with van der Waals surface area (Å²) in [5.41, 5.74) is 2.89. The van der Waals surface area contributed by atoms with Crippen molar-refractivity contribution in [2.75, 3.05) is 5.32 Å². The van der Waals surface area contributed by atoms with Gasteiger partial charge in [-0.15, -0.1) is 0 Å². The van der Waals surface area contributed by atoms with Gasteiger partial charge in [-0.2, -0.15) is 5.10 Å². The zero-order chi connectivity index (χ0) is 23.8. The lowest BCUT2D eigenvalue weighted by molar-refractivity contribution is -0.116. The van der Waals surface area contributed by atoms with Crippen LogP contribution in [0, 0.1) is 0 Å². The van der Waals surface area contributed by atoms with Crippen molar-refractivity contribution in [3.05, 3.63) is 113 Å². The molecule has 0 saturated carbocycles. The van der Waals surface area contributed by atoms with E-state index in [2.05, 4.69) is 15.7 Å². The zero-order valence-corrected chi connectivity index (χ0v) is 19.0. The van der Waals surface area contributed by atoms with Crippen LogP contribution in [0.25, 0.3) is 0 Å². The van der Waals surface area contributed by atoms with Gasteiger partial charge in [0.15, 0.2) is 0 Å². The molecule has 0 fully saturated rings. The molecule has 4 rings (SSSR count). The lowest BCUT2D eigenvalue weighted by Crippen LogP contribution is -2.23. The van der Waals surface area contributed by atoms with Gasteiger partial charge in [0.1, 0.15) is 18.9 Å². The lowest BCUT2D eigenvalue weighted by Gasteiger charge is -2.12. The maximum atomic E-state index is 12.8. The van der Waals surface area contributed by atoms with Crippen LogP contribution in [0.3, 0.4) is 0 Å². The van der Waals surface area contributed by atoms with Gasteiger partial charge in [0.05, 0.1) is 5.56 Å². The molecule has 1 heterocycles. The fraction of sp³-hybridized carbons (Fsp3) is 0.115. The Bertz CT molecular complexity index is 1260. The Morgan fingerprint density at radius 2 is 1.76 bits per heavy atom. The normalized spacial score (nSPS) is 10.5. The van der Waals surface area contributed by atoms with Crippen LogP contribution in [0.15, 0.2) is 91.3 Å². The lowest BCUT2D eigenvalue weighted by atomic mass is 10.1. The standard InChI is InChI=1S/C26H23ClN4O3/c27-21-11-9-19(10-12-21)18-34-24-8-2-1-7-23(24)26(33)28-16-20-5-3-6-22(15-20)30-25(32)17-31-14-4-13-29-31/h1-15H,16-18H2,(H,28,33)(H,30,32). The highest BCUT2D eigenvalue weighted by molar-refractivity contribution is 6.30. The Morgan fingerprint density at radius 3 is 2.56 bits per heavy atom. The minimum Gasteiger partial charge on any atom is -0.488 e. The number of benzene rings is 3. The van der Waals surface area contributed by atoms with E-state index in [-0.39, 0.29) is 18.4 Å². The average Bonchev–Trinajstić information content (AvgIpc) is 3.35. The highest BCUT2D eigenvalue weighted by atomic mass is 35.5. The molecule has 8 heteroatoms. The average molecular weight is 475 g/mol. The van der Waals surface area contributed by atoms with E-state index in [1.165, 1.54) is 0 Å². The molecule has 34 heavy (non-hydrogen) atoms. The number of hydrogen-bond acceptors (Lipinski definition) is 4. The van der Waals surface area contributed by atoms with Gasteiger partial charge >= 0.3 is 0 Å². The first kappa shape index (κ1) is 23.1. The van der Waals surface area contributed by atoms with Crippen LogP contribution in [-0.2, 0) is 24.5 Å². The van der Waals surface area contributed by atoms with Crippen molar-refractivity contribution in [2.45, 2.75) is 19.7 Å².